The van der Waals surface area contributed by atoms with Crippen LogP contribution in [-0.4, -0.2) is 129 Å². The Morgan fingerprint density at radius 3 is 2.33 bits per heavy atom. The van der Waals surface area contributed by atoms with Crippen molar-refractivity contribution in [3.8, 4) is 0 Å². The van der Waals surface area contributed by atoms with Crippen molar-refractivity contribution in [3.63, 3.8) is 0 Å². The molecular formula is C51H65N11O8. The summed E-state index contributed by atoms with van der Waals surface area (Å²) < 4.78 is 8.02. The number of carbonyl (C=O) groups excluding carboxylic acids is 6. The minimum Gasteiger partial charge on any atom is -0.385 e. The summed E-state index contributed by atoms with van der Waals surface area (Å²) in [6.45, 7) is 16.5. The molecule has 3 fully saturated rings. The van der Waals surface area contributed by atoms with Gasteiger partial charge in [-0.3, -0.25) is 53.2 Å². The van der Waals surface area contributed by atoms with Crippen LogP contribution in [0.1, 0.15) is 135 Å². The van der Waals surface area contributed by atoms with Gasteiger partial charge in [-0.15, -0.1) is 0 Å². The van der Waals surface area contributed by atoms with E-state index in [9.17, 15) is 33.6 Å². The van der Waals surface area contributed by atoms with Gasteiger partial charge in [0.25, 0.3) is 17.4 Å². The number of ether oxygens (including phenoxy) is 1. The second-order valence-electron chi connectivity index (χ2n) is 20.4. The highest BCUT2D eigenvalue weighted by atomic mass is 16.5. The van der Waals surface area contributed by atoms with Crippen LogP contribution in [0.2, 0.25) is 0 Å². The van der Waals surface area contributed by atoms with Crippen molar-refractivity contribution < 1.29 is 33.5 Å². The maximum absolute atomic E-state index is 13.6. The summed E-state index contributed by atoms with van der Waals surface area (Å²) in [5, 5.41) is 12.6. The third-order valence-corrected chi connectivity index (χ3v) is 14.1. The zero-order valence-corrected chi connectivity index (χ0v) is 41.1. The maximum Gasteiger partial charge on any atom is 0.263 e. The highest BCUT2D eigenvalue weighted by Gasteiger charge is 2.44. The molecule has 1 aliphatic carbocycles. The summed E-state index contributed by atoms with van der Waals surface area (Å²) in [5.74, 6) is -1.50. The van der Waals surface area contributed by atoms with Crippen LogP contribution in [0, 0.1) is 12.3 Å². The zero-order valence-electron chi connectivity index (χ0n) is 41.1. The number of rotatable bonds is 19. The van der Waals surface area contributed by atoms with E-state index in [1.165, 1.54) is 6.92 Å². The SMILES string of the molecule is CC(=O)c1c(C)c2cnc(Nc3ccc(N4CCN(CC(=O)NCC(C)(C)CCOC(C)(C)CCCNc5ccc6c(c5)C(=O)N(C5CCC(=O)NC5=O)C6=O)CC4)cn3)nc2n(C2CCCC2)c1=O. The number of Topliss-reactive ketones (excluding diaryl/α,β-unsaturated/α-hetero) is 1. The quantitative estimate of drug-likeness (QED) is 0.0531. The first-order valence-corrected chi connectivity index (χ1v) is 24.5. The number of hydrogen-bond donors (Lipinski definition) is 4. The molecule has 0 spiro atoms. The number of nitrogens with zero attached hydrogens (tertiary/aromatic N) is 7. The fraction of sp³-hybridized carbons (Fsp3) is 0.529. The van der Waals surface area contributed by atoms with Gasteiger partial charge < -0.3 is 25.6 Å². The molecule has 1 unspecified atom stereocenters. The van der Waals surface area contributed by atoms with Crippen LogP contribution in [0.3, 0.4) is 0 Å². The van der Waals surface area contributed by atoms with E-state index in [1.54, 1.807) is 35.9 Å². The molecule has 372 valence electrons. The summed E-state index contributed by atoms with van der Waals surface area (Å²) >= 11 is 0. The molecule has 70 heavy (non-hydrogen) atoms. The number of piperazine rings is 1. The molecule has 8 rings (SSSR count). The molecule has 1 aromatic carbocycles. The Morgan fingerprint density at radius 1 is 0.886 bits per heavy atom. The summed E-state index contributed by atoms with van der Waals surface area (Å²) in [7, 11) is 0. The molecule has 5 amide bonds. The average molecular weight is 960 g/mol. The Bertz CT molecular complexity index is 2740. The van der Waals surface area contributed by atoms with Crippen molar-refractivity contribution in [1.82, 2.24) is 40.0 Å². The number of carbonyl (C=O) groups is 6. The van der Waals surface area contributed by atoms with Crippen LogP contribution in [0.5, 0.6) is 0 Å². The molecule has 19 nitrogen and oxygen atoms in total. The third kappa shape index (κ3) is 11.2. The Kier molecular flexibility index (Phi) is 14.8. The van der Waals surface area contributed by atoms with Gasteiger partial charge in [-0.05, 0) is 108 Å². The highest BCUT2D eigenvalue weighted by molar-refractivity contribution is 6.23. The molecule has 3 aromatic heterocycles. The topological polar surface area (TPSA) is 230 Å². The lowest BCUT2D eigenvalue weighted by molar-refractivity contribution is -0.136. The van der Waals surface area contributed by atoms with Crippen molar-refractivity contribution in [1.29, 1.82) is 0 Å². The molecular weight excluding hydrogens is 895 g/mol. The second kappa shape index (κ2) is 20.8. The first-order chi connectivity index (χ1) is 33.4. The standard InChI is InChI=1S/C51H65N11O8/c1-31-38-28-54-49(58-44(38)61(34-10-7-8-11-34)48(69)43(31)32(2)63)56-40-16-13-35(27-53-40)60-23-21-59(22-24-60)29-42(65)55-30-50(3,4)19-25-70-51(5,6)18-9-20-52-33-12-14-36-37(26-33)47(68)62(46(36)67)39-15-17-41(64)57-45(39)66/h12-14,16,26-28,34,39,52H,7-11,15,17-25,29-30H2,1-6H3,(H,55,65)(H,57,64,66)(H,53,54,56,58). The molecule has 1 saturated carbocycles. The van der Waals surface area contributed by atoms with Crippen LogP contribution in [-0.2, 0) is 19.1 Å². The molecule has 4 aliphatic rings. The maximum atomic E-state index is 13.6. The van der Waals surface area contributed by atoms with Gasteiger partial charge in [-0.25, -0.2) is 9.97 Å². The number of imide groups is 2. The predicted molar refractivity (Wildman–Crippen MR) is 264 cm³/mol. The monoisotopic (exact) mass is 960 g/mol. The van der Waals surface area contributed by atoms with Crippen molar-refractivity contribution in [2.45, 2.75) is 117 Å². The van der Waals surface area contributed by atoms with Crippen LogP contribution < -0.4 is 31.7 Å². The largest absolute Gasteiger partial charge is 0.385 e. The Balaban J connectivity index is 0.727. The van der Waals surface area contributed by atoms with Gasteiger partial charge in [0, 0.05) is 75.6 Å². The number of piperidine rings is 1. The molecule has 3 aliphatic heterocycles. The van der Waals surface area contributed by atoms with Crippen molar-refractivity contribution >= 4 is 69.5 Å². The van der Waals surface area contributed by atoms with E-state index in [4.69, 9.17) is 9.72 Å². The van der Waals surface area contributed by atoms with Crippen LogP contribution >= 0.6 is 0 Å². The molecule has 1 atom stereocenters. The summed E-state index contributed by atoms with van der Waals surface area (Å²) in [4.78, 5) is 109. The lowest BCUT2D eigenvalue weighted by atomic mass is 9.89. The van der Waals surface area contributed by atoms with Crippen molar-refractivity contribution in [2.75, 3.05) is 68.0 Å². The number of pyridine rings is 2. The summed E-state index contributed by atoms with van der Waals surface area (Å²) in [6.07, 6.45) is 9.77. The Hall–Kier alpha value is -6.60. The summed E-state index contributed by atoms with van der Waals surface area (Å²) in [6, 6.07) is 7.84. The van der Waals surface area contributed by atoms with Gasteiger partial charge in [0.1, 0.15) is 17.5 Å². The van der Waals surface area contributed by atoms with E-state index < -0.39 is 29.7 Å². The summed E-state index contributed by atoms with van der Waals surface area (Å²) in [5.41, 5.74) is 2.60. The molecule has 4 N–H and O–H groups in total. The van der Waals surface area contributed by atoms with Crippen molar-refractivity contribution in [3.05, 3.63) is 75.3 Å². The van der Waals surface area contributed by atoms with E-state index in [2.05, 4.69) is 68.7 Å². The zero-order chi connectivity index (χ0) is 49.9. The van der Waals surface area contributed by atoms with Crippen LogP contribution in [0.15, 0.2) is 47.5 Å². The molecule has 4 aromatic rings. The number of nitrogens with one attached hydrogen (secondary N) is 4. The van der Waals surface area contributed by atoms with E-state index in [1.807, 2.05) is 18.3 Å². The smallest absolute Gasteiger partial charge is 0.263 e. The molecule has 0 radical (unpaired) electrons. The number of amides is 5. The van der Waals surface area contributed by atoms with E-state index in [0.717, 1.165) is 81.7 Å². The third-order valence-electron chi connectivity index (χ3n) is 14.1. The second-order valence-corrected chi connectivity index (χ2v) is 20.4. The minimum atomic E-state index is -1.00. The number of anilines is 4. The van der Waals surface area contributed by atoms with Gasteiger partial charge in [0.05, 0.1) is 40.7 Å². The lowest BCUT2D eigenvalue weighted by Gasteiger charge is -2.35. The van der Waals surface area contributed by atoms with Gasteiger partial charge >= 0.3 is 0 Å². The van der Waals surface area contributed by atoms with Crippen LogP contribution in [0.4, 0.5) is 23.1 Å². The highest BCUT2D eigenvalue weighted by Crippen LogP contribution is 2.33. The molecule has 19 heteroatoms. The van der Waals surface area contributed by atoms with E-state index in [-0.39, 0.29) is 63.8 Å². The average Bonchev–Trinajstić information content (AvgIpc) is 3.93. The minimum absolute atomic E-state index is 0.00905. The van der Waals surface area contributed by atoms with Crippen molar-refractivity contribution in [2.24, 2.45) is 5.41 Å². The number of hydrogen-bond acceptors (Lipinski definition) is 15. The van der Waals surface area contributed by atoms with Crippen LogP contribution in [0.25, 0.3) is 11.0 Å². The number of fused-ring (bicyclic) bond motifs is 2. The predicted octanol–water partition coefficient (Wildman–Crippen LogP) is 5.30. The number of benzene rings is 1. The number of ketones is 1. The van der Waals surface area contributed by atoms with Gasteiger partial charge in [-0.1, -0.05) is 26.7 Å². The molecule has 0 bridgehead atoms. The van der Waals surface area contributed by atoms with Gasteiger partial charge in [0.15, 0.2) is 5.78 Å². The normalized spacial score (nSPS) is 18.1. The first-order valence-electron chi connectivity index (χ1n) is 24.5. The van der Waals surface area contributed by atoms with E-state index >= 15 is 0 Å². The number of aryl methyl sites for hydroxylation is 1. The number of aromatic nitrogens is 4. The van der Waals surface area contributed by atoms with E-state index in [0.29, 0.717) is 60.3 Å². The fourth-order valence-electron chi connectivity index (χ4n) is 9.92. The van der Waals surface area contributed by atoms with Gasteiger partial charge in [-0.2, -0.15) is 4.98 Å². The Labute approximate surface area is 407 Å². The van der Waals surface area contributed by atoms with Gasteiger partial charge in [0.2, 0.25) is 23.7 Å². The first kappa shape index (κ1) is 49.8. The molecule has 6 heterocycles. The fourth-order valence-corrected chi connectivity index (χ4v) is 9.92. The Morgan fingerprint density at radius 2 is 1.63 bits per heavy atom. The molecule has 2 saturated heterocycles. The lowest BCUT2D eigenvalue weighted by Crippen LogP contribution is -2.54.